The Labute approximate surface area is 195 Å². The first-order valence-electron chi connectivity index (χ1n) is 8.59. The summed E-state index contributed by atoms with van der Waals surface area (Å²) in [6.07, 6.45) is 1.36. The predicted octanol–water partition coefficient (Wildman–Crippen LogP) is 5.52. The van der Waals surface area contributed by atoms with Gasteiger partial charge in [-0.25, -0.2) is 18.3 Å². The van der Waals surface area contributed by atoms with E-state index in [1.54, 1.807) is 19.1 Å². The van der Waals surface area contributed by atoms with Crippen LogP contribution >= 0.6 is 49.8 Å². The molecule has 1 aromatic heterocycles. The Kier molecular flexibility index (Phi) is 5.43. The molecule has 0 saturated carbocycles. The largest absolute Gasteiger partial charge is 0.284 e. The Morgan fingerprint density at radius 1 is 1.10 bits per heavy atom. The van der Waals surface area contributed by atoms with Crippen LogP contribution in [0.3, 0.4) is 0 Å². The number of imidazole rings is 1. The monoisotopic (exact) mass is 547 g/mol. The number of hydrogen-bond acceptors (Lipinski definition) is 4. The molecule has 30 heavy (non-hydrogen) atoms. The van der Waals surface area contributed by atoms with Gasteiger partial charge in [-0.1, -0.05) is 51.3 Å². The molecule has 0 fully saturated rings. The van der Waals surface area contributed by atoms with Crippen molar-refractivity contribution >= 4 is 76.4 Å². The summed E-state index contributed by atoms with van der Waals surface area (Å²) >= 11 is 15.6. The standard InChI is InChI=1S/C19H13BrCl3N3O3S/c1-19(9-11-2-4-12(20)5-3-11)17(27)25(15-7-13(21)6-14(22)8-15)18-24-10-16(26(18)19)30(23,28)29/h2-8,10H,9H2,1H3/t19-/m1/s1. The van der Waals surface area contributed by atoms with E-state index in [9.17, 15) is 13.2 Å². The molecule has 0 bridgehead atoms. The van der Waals surface area contributed by atoms with E-state index in [4.69, 9.17) is 33.9 Å². The highest BCUT2D eigenvalue weighted by Crippen LogP contribution is 2.44. The zero-order valence-electron chi connectivity index (χ0n) is 15.3. The third kappa shape index (κ3) is 3.65. The minimum atomic E-state index is -4.17. The average molecular weight is 550 g/mol. The summed E-state index contributed by atoms with van der Waals surface area (Å²) in [6.45, 7) is 1.65. The smallest absolute Gasteiger partial charge is 0.278 e. The van der Waals surface area contributed by atoms with E-state index in [1.807, 2.05) is 24.3 Å². The van der Waals surface area contributed by atoms with Crippen molar-refractivity contribution in [1.82, 2.24) is 9.55 Å². The number of nitrogens with zero attached hydrogens (tertiary/aromatic N) is 3. The number of rotatable bonds is 4. The molecule has 2 heterocycles. The summed E-state index contributed by atoms with van der Waals surface area (Å²) in [4.78, 5) is 19.2. The van der Waals surface area contributed by atoms with Crippen LogP contribution in [0.2, 0.25) is 10.0 Å². The molecule has 6 nitrogen and oxygen atoms in total. The number of anilines is 2. The minimum Gasteiger partial charge on any atom is -0.284 e. The zero-order valence-corrected chi connectivity index (χ0v) is 20.0. The van der Waals surface area contributed by atoms with E-state index in [2.05, 4.69) is 20.9 Å². The van der Waals surface area contributed by atoms with Gasteiger partial charge in [0.15, 0.2) is 5.03 Å². The lowest BCUT2D eigenvalue weighted by molar-refractivity contribution is -0.124. The van der Waals surface area contributed by atoms with Crippen LogP contribution in [0.4, 0.5) is 11.6 Å². The number of carbonyl (C=O) groups excluding carboxylic acids is 1. The number of aromatic nitrogens is 2. The normalized spacial score (nSPS) is 18.7. The van der Waals surface area contributed by atoms with Crippen molar-refractivity contribution in [2.75, 3.05) is 4.90 Å². The summed E-state index contributed by atoms with van der Waals surface area (Å²) in [5.74, 6) is -0.259. The van der Waals surface area contributed by atoms with E-state index in [-0.39, 0.29) is 23.3 Å². The van der Waals surface area contributed by atoms with Crippen LogP contribution in [0.5, 0.6) is 0 Å². The Hall–Kier alpha value is -1.58. The molecule has 0 spiro atoms. The molecule has 0 saturated heterocycles. The highest BCUT2D eigenvalue weighted by atomic mass is 79.9. The van der Waals surface area contributed by atoms with Gasteiger partial charge in [-0.15, -0.1) is 0 Å². The molecule has 0 radical (unpaired) electrons. The van der Waals surface area contributed by atoms with Crippen LogP contribution in [0, 0.1) is 0 Å². The SMILES string of the molecule is C[C@@]1(Cc2ccc(Br)cc2)C(=O)N(c2cc(Cl)cc(Cl)c2)c2ncc(S(=O)(=O)Cl)n21. The van der Waals surface area contributed by atoms with Gasteiger partial charge in [-0.3, -0.25) is 9.36 Å². The molecule has 156 valence electrons. The molecular weight excluding hydrogens is 537 g/mol. The van der Waals surface area contributed by atoms with Crippen LogP contribution in [0.25, 0.3) is 0 Å². The van der Waals surface area contributed by atoms with E-state index in [0.29, 0.717) is 15.7 Å². The number of benzene rings is 2. The topological polar surface area (TPSA) is 72.3 Å². The lowest BCUT2D eigenvalue weighted by Gasteiger charge is -2.26. The van der Waals surface area contributed by atoms with Crippen molar-refractivity contribution in [3.63, 3.8) is 0 Å². The van der Waals surface area contributed by atoms with Crippen LogP contribution in [-0.4, -0.2) is 23.9 Å². The fourth-order valence-electron chi connectivity index (χ4n) is 3.60. The third-order valence-corrected chi connectivity index (χ3v) is 7.11. The van der Waals surface area contributed by atoms with Gasteiger partial charge < -0.3 is 0 Å². The molecule has 1 aliphatic heterocycles. The number of fused-ring (bicyclic) bond motifs is 1. The van der Waals surface area contributed by atoms with E-state index in [1.165, 1.54) is 15.5 Å². The van der Waals surface area contributed by atoms with Crippen LogP contribution in [0.15, 0.2) is 58.2 Å². The summed E-state index contributed by atoms with van der Waals surface area (Å²) in [5.41, 5.74) is -0.0915. The second-order valence-electron chi connectivity index (χ2n) is 7.02. The van der Waals surface area contributed by atoms with Crippen LogP contribution in [0.1, 0.15) is 12.5 Å². The molecular formula is C19H13BrCl3N3O3S. The van der Waals surface area contributed by atoms with Crippen LogP contribution < -0.4 is 4.90 Å². The van der Waals surface area contributed by atoms with Crippen molar-refractivity contribution in [3.8, 4) is 0 Å². The van der Waals surface area contributed by atoms with E-state index >= 15 is 0 Å². The van der Waals surface area contributed by atoms with Crippen LogP contribution in [-0.2, 0) is 25.8 Å². The summed E-state index contributed by atoms with van der Waals surface area (Å²) < 4.78 is 26.7. The molecule has 0 N–H and O–H groups in total. The van der Waals surface area contributed by atoms with Crippen molar-refractivity contribution in [2.45, 2.75) is 23.9 Å². The summed E-state index contributed by atoms with van der Waals surface area (Å²) in [6, 6.07) is 12.1. The van der Waals surface area contributed by atoms with Crippen molar-refractivity contribution in [2.24, 2.45) is 0 Å². The summed E-state index contributed by atoms with van der Waals surface area (Å²) in [7, 11) is 1.49. The zero-order chi connectivity index (χ0) is 21.8. The fraction of sp³-hybridized carbons (Fsp3) is 0.158. The second-order valence-corrected chi connectivity index (χ2v) is 11.3. The van der Waals surface area contributed by atoms with Gasteiger partial charge in [0.25, 0.3) is 15.0 Å². The molecule has 1 atom stereocenters. The number of halogens is 4. The molecule has 3 aromatic rings. The second kappa shape index (κ2) is 7.53. The number of carbonyl (C=O) groups is 1. The lowest BCUT2D eigenvalue weighted by Crippen LogP contribution is -2.41. The van der Waals surface area contributed by atoms with Gasteiger partial charge in [0, 0.05) is 31.6 Å². The van der Waals surface area contributed by atoms with Gasteiger partial charge in [-0.2, -0.15) is 0 Å². The maximum Gasteiger partial charge on any atom is 0.278 e. The first-order chi connectivity index (χ1) is 14.0. The molecule has 2 aromatic carbocycles. The highest BCUT2D eigenvalue weighted by Gasteiger charge is 2.51. The van der Waals surface area contributed by atoms with Crippen molar-refractivity contribution in [1.29, 1.82) is 0 Å². The lowest BCUT2D eigenvalue weighted by atomic mass is 9.92. The first-order valence-corrected chi connectivity index (χ1v) is 12.4. The Bertz CT molecular complexity index is 1260. The fourth-order valence-corrected chi connectivity index (χ4v) is 5.39. The highest BCUT2D eigenvalue weighted by molar-refractivity contribution is 9.10. The van der Waals surface area contributed by atoms with Gasteiger partial charge in [-0.05, 0) is 42.8 Å². The number of hydrogen-bond donors (Lipinski definition) is 0. The predicted molar refractivity (Wildman–Crippen MR) is 120 cm³/mol. The van der Waals surface area contributed by atoms with Crippen molar-refractivity contribution in [3.05, 3.63) is 68.7 Å². The number of amides is 1. The molecule has 11 heteroatoms. The summed E-state index contributed by atoms with van der Waals surface area (Å²) in [5, 5.41) is 0.396. The molecule has 1 amide bonds. The van der Waals surface area contributed by atoms with Gasteiger partial charge in [0.1, 0.15) is 5.54 Å². The molecule has 0 aliphatic carbocycles. The first kappa shape index (κ1) is 21.6. The molecule has 0 unspecified atom stereocenters. The van der Waals surface area contributed by atoms with Crippen molar-refractivity contribution < 1.29 is 13.2 Å². The Balaban J connectivity index is 1.93. The van der Waals surface area contributed by atoms with Gasteiger partial charge in [0.05, 0.1) is 11.9 Å². The van der Waals surface area contributed by atoms with Gasteiger partial charge in [0.2, 0.25) is 5.95 Å². The minimum absolute atomic E-state index is 0.122. The maximum absolute atomic E-state index is 13.7. The van der Waals surface area contributed by atoms with E-state index < -0.39 is 14.6 Å². The quantitative estimate of drug-likeness (QED) is 0.402. The molecule has 1 aliphatic rings. The Morgan fingerprint density at radius 3 is 2.27 bits per heavy atom. The average Bonchev–Trinajstić information content (AvgIpc) is 3.16. The van der Waals surface area contributed by atoms with E-state index in [0.717, 1.165) is 16.2 Å². The van der Waals surface area contributed by atoms with Gasteiger partial charge >= 0.3 is 0 Å². The molecule has 4 rings (SSSR count). The maximum atomic E-state index is 13.7. The third-order valence-electron chi connectivity index (χ3n) is 4.89. The Morgan fingerprint density at radius 2 is 1.70 bits per heavy atom.